The molecule has 0 atom stereocenters. The van der Waals surface area contributed by atoms with Crippen molar-refractivity contribution in [1.29, 1.82) is 0 Å². The van der Waals surface area contributed by atoms with E-state index in [0.717, 1.165) is 5.06 Å². The Balaban J connectivity index is 2.77. The Kier molecular flexibility index (Phi) is 4.85. The van der Waals surface area contributed by atoms with E-state index in [2.05, 4.69) is 5.32 Å². The Bertz CT molecular complexity index is 456. The van der Waals surface area contributed by atoms with Crippen molar-refractivity contribution in [1.82, 2.24) is 5.06 Å². The summed E-state index contributed by atoms with van der Waals surface area (Å²) in [4.78, 5) is 11.6. The molecule has 0 aliphatic rings. The molecule has 0 saturated heterocycles. The second-order valence-corrected chi connectivity index (χ2v) is 5.25. The van der Waals surface area contributed by atoms with E-state index in [4.69, 9.17) is 9.94 Å². The van der Waals surface area contributed by atoms with Crippen LogP contribution >= 0.6 is 0 Å². The van der Waals surface area contributed by atoms with Crippen LogP contribution in [0, 0.1) is 5.82 Å². The van der Waals surface area contributed by atoms with Gasteiger partial charge in [-0.1, -0.05) is 0 Å². The lowest BCUT2D eigenvalue weighted by Gasteiger charge is -2.20. The number of hydroxylamine groups is 2. The van der Waals surface area contributed by atoms with Crippen LogP contribution in [0.5, 0.6) is 0 Å². The summed E-state index contributed by atoms with van der Waals surface area (Å²) in [7, 11) is 1.41. The summed E-state index contributed by atoms with van der Waals surface area (Å²) in [5.74, 6) is -0.448. The minimum absolute atomic E-state index is 0.0235. The Morgan fingerprint density at radius 2 is 2.11 bits per heavy atom. The monoisotopic (exact) mass is 270 g/mol. The maximum absolute atomic E-state index is 13.5. The normalized spacial score (nSPS) is 11.5. The molecule has 2 N–H and O–H groups in total. The molecule has 1 rings (SSSR count). The van der Waals surface area contributed by atoms with Crippen LogP contribution in [0.25, 0.3) is 0 Å². The van der Waals surface area contributed by atoms with E-state index in [-0.39, 0.29) is 12.1 Å². The Morgan fingerprint density at radius 1 is 1.47 bits per heavy atom. The molecule has 1 amide bonds. The van der Waals surface area contributed by atoms with Crippen LogP contribution < -0.4 is 5.32 Å². The largest absolute Gasteiger partial charge is 0.444 e. The van der Waals surface area contributed by atoms with Gasteiger partial charge in [0.15, 0.2) is 0 Å². The van der Waals surface area contributed by atoms with Gasteiger partial charge in [0.2, 0.25) is 0 Å². The average molecular weight is 270 g/mol. The summed E-state index contributed by atoms with van der Waals surface area (Å²) in [6.07, 6.45) is -0.609. The van der Waals surface area contributed by atoms with Gasteiger partial charge in [0.25, 0.3) is 0 Å². The summed E-state index contributed by atoms with van der Waals surface area (Å²) in [5, 5.41) is 12.5. The quantitative estimate of drug-likeness (QED) is 0.829. The molecular formula is C13H19FN2O3. The van der Waals surface area contributed by atoms with E-state index in [1.54, 1.807) is 20.8 Å². The predicted molar refractivity (Wildman–Crippen MR) is 69.5 cm³/mol. The first-order valence-electron chi connectivity index (χ1n) is 5.86. The number of amides is 1. The molecule has 6 heteroatoms. The van der Waals surface area contributed by atoms with Crippen LogP contribution in [0.3, 0.4) is 0 Å². The third-order valence-corrected chi connectivity index (χ3v) is 2.09. The van der Waals surface area contributed by atoms with Crippen molar-refractivity contribution in [3.63, 3.8) is 0 Å². The molecule has 0 radical (unpaired) electrons. The maximum Gasteiger partial charge on any atom is 0.412 e. The molecule has 0 saturated carbocycles. The van der Waals surface area contributed by atoms with E-state index in [9.17, 15) is 9.18 Å². The fourth-order valence-electron chi connectivity index (χ4n) is 1.44. The third-order valence-electron chi connectivity index (χ3n) is 2.09. The maximum atomic E-state index is 13.5. The molecule has 0 unspecified atom stereocenters. The van der Waals surface area contributed by atoms with Crippen LogP contribution in [0.4, 0.5) is 14.9 Å². The van der Waals surface area contributed by atoms with Crippen LogP contribution in [-0.4, -0.2) is 29.0 Å². The van der Waals surface area contributed by atoms with Crippen LogP contribution in [0.15, 0.2) is 18.2 Å². The standard InChI is InChI=1S/C13H19FN2O3/c1-13(2,3)19-12(17)15-10-5-6-11(14)9(7-10)8-16(4)18/h5-7,18H,8H2,1-4H3,(H,15,17). The number of nitrogens with zero attached hydrogens (tertiary/aromatic N) is 1. The van der Waals surface area contributed by atoms with Crippen LogP contribution in [-0.2, 0) is 11.3 Å². The number of carbonyl (C=O) groups excluding carboxylic acids is 1. The summed E-state index contributed by atoms with van der Waals surface area (Å²) in [6.45, 7) is 5.28. The summed E-state index contributed by atoms with van der Waals surface area (Å²) < 4.78 is 18.5. The first-order chi connectivity index (χ1) is 8.67. The second-order valence-electron chi connectivity index (χ2n) is 5.25. The van der Waals surface area contributed by atoms with Gasteiger partial charge in [0.1, 0.15) is 11.4 Å². The number of halogens is 1. The van der Waals surface area contributed by atoms with Crippen molar-refractivity contribution in [3.05, 3.63) is 29.6 Å². The Morgan fingerprint density at radius 3 is 2.63 bits per heavy atom. The zero-order valence-electron chi connectivity index (χ0n) is 11.5. The van der Waals surface area contributed by atoms with Crippen molar-refractivity contribution < 1.29 is 19.1 Å². The lowest BCUT2D eigenvalue weighted by molar-refractivity contribution is -0.0738. The molecule has 0 aliphatic heterocycles. The van der Waals surface area contributed by atoms with Gasteiger partial charge >= 0.3 is 6.09 Å². The number of hydrogen-bond acceptors (Lipinski definition) is 4. The SMILES string of the molecule is CN(O)Cc1cc(NC(=O)OC(C)(C)C)ccc1F. The first kappa shape index (κ1) is 15.4. The van der Waals surface area contributed by atoms with E-state index in [0.29, 0.717) is 5.69 Å². The fraction of sp³-hybridized carbons (Fsp3) is 0.462. The van der Waals surface area contributed by atoms with Gasteiger partial charge in [-0.15, -0.1) is 0 Å². The molecule has 1 aromatic carbocycles. The number of rotatable bonds is 3. The van der Waals surface area contributed by atoms with Crippen LogP contribution in [0.2, 0.25) is 0 Å². The van der Waals surface area contributed by atoms with Gasteiger partial charge in [0.05, 0.1) is 6.54 Å². The van der Waals surface area contributed by atoms with Crippen molar-refractivity contribution in [2.45, 2.75) is 32.9 Å². The van der Waals surface area contributed by atoms with E-state index in [1.807, 2.05) is 0 Å². The van der Waals surface area contributed by atoms with Crippen molar-refractivity contribution >= 4 is 11.8 Å². The second kappa shape index (κ2) is 5.99. The van der Waals surface area contributed by atoms with Crippen LogP contribution in [0.1, 0.15) is 26.3 Å². The number of carbonyl (C=O) groups is 1. The smallest absolute Gasteiger partial charge is 0.412 e. The highest BCUT2D eigenvalue weighted by atomic mass is 19.1. The topological polar surface area (TPSA) is 61.8 Å². The summed E-state index contributed by atoms with van der Waals surface area (Å²) in [6, 6.07) is 4.11. The van der Waals surface area contributed by atoms with Gasteiger partial charge in [-0.3, -0.25) is 5.32 Å². The zero-order valence-corrected chi connectivity index (χ0v) is 11.5. The molecule has 5 nitrogen and oxygen atoms in total. The minimum Gasteiger partial charge on any atom is -0.444 e. The third kappa shape index (κ3) is 5.67. The van der Waals surface area contributed by atoms with Gasteiger partial charge in [-0.05, 0) is 39.0 Å². The molecule has 0 heterocycles. The number of hydrogen-bond donors (Lipinski definition) is 2. The average Bonchev–Trinajstić information content (AvgIpc) is 2.19. The predicted octanol–water partition coefficient (Wildman–Crippen LogP) is 2.99. The van der Waals surface area contributed by atoms with Gasteiger partial charge in [-0.25, -0.2) is 9.18 Å². The summed E-state index contributed by atoms with van der Waals surface area (Å²) >= 11 is 0. The molecular weight excluding hydrogens is 251 g/mol. The highest BCUT2D eigenvalue weighted by Crippen LogP contribution is 2.17. The Hall–Kier alpha value is -1.66. The highest BCUT2D eigenvalue weighted by Gasteiger charge is 2.16. The van der Waals surface area contributed by atoms with Crippen molar-refractivity contribution in [3.8, 4) is 0 Å². The number of ether oxygens (including phenoxy) is 1. The lowest BCUT2D eigenvalue weighted by atomic mass is 10.2. The highest BCUT2D eigenvalue weighted by molar-refractivity contribution is 5.84. The minimum atomic E-state index is -0.609. The van der Waals surface area contributed by atoms with Gasteiger partial charge < -0.3 is 9.94 Å². The molecule has 0 aromatic heterocycles. The van der Waals surface area contributed by atoms with E-state index < -0.39 is 17.5 Å². The number of benzene rings is 1. The molecule has 19 heavy (non-hydrogen) atoms. The van der Waals surface area contributed by atoms with E-state index in [1.165, 1.54) is 25.2 Å². The van der Waals surface area contributed by atoms with Gasteiger partial charge in [0, 0.05) is 18.3 Å². The molecule has 0 spiro atoms. The van der Waals surface area contributed by atoms with Crippen molar-refractivity contribution in [2.75, 3.05) is 12.4 Å². The molecule has 1 aromatic rings. The fourth-order valence-corrected chi connectivity index (χ4v) is 1.44. The molecule has 106 valence electrons. The summed E-state index contributed by atoms with van der Waals surface area (Å²) in [5.41, 5.74) is 0.0872. The number of anilines is 1. The molecule has 0 fully saturated rings. The molecule has 0 aliphatic carbocycles. The Labute approximate surface area is 111 Å². The lowest BCUT2D eigenvalue weighted by Crippen LogP contribution is -2.27. The first-order valence-corrected chi connectivity index (χ1v) is 5.86. The van der Waals surface area contributed by atoms with E-state index >= 15 is 0 Å². The van der Waals surface area contributed by atoms with Gasteiger partial charge in [-0.2, -0.15) is 5.06 Å². The molecule has 0 bridgehead atoms. The number of nitrogens with one attached hydrogen (secondary N) is 1. The van der Waals surface area contributed by atoms with Crippen molar-refractivity contribution in [2.24, 2.45) is 0 Å². The zero-order chi connectivity index (χ0) is 14.6.